The highest BCUT2D eigenvalue weighted by Crippen LogP contribution is 2.39. The van der Waals surface area contributed by atoms with Crippen LogP contribution in [0.5, 0.6) is 0 Å². The standard InChI is InChI=1S/C16H23FN2O2/c1-15(2)6-8-16(21,9-7-15)11-18-14(20)19-13-5-3-4-12(17)10-13/h3-5,10,21H,6-9,11H2,1-2H3,(H2,18,19,20). The largest absolute Gasteiger partial charge is 0.388 e. The summed E-state index contributed by atoms with van der Waals surface area (Å²) in [5.41, 5.74) is -0.186. The second-order valence-electron chi connectivity index (χ2n) is 6.71. The number of halogens is 1. The predicted molar refractivity (Wildman–Crippen MR) is 80.6 cm³/mol. The van der Waals surface area contributed by atoms with Crippen molar-refractivity contribution in [2.24, 2.45) is 5.41 Å². The van der Waals surface area contributed by atoms with Gasteiger partial charge >= 0.3 is 6.03 Å². The topological polar surface area (TPSA) is 61.4 Å². The number of benzene rings is 1. The zero-order valence-electron chi connectivity index (χ0n) is 12.6. The smallest absolute Gasteiger partial charge is 0.319 e. The van der Waals surface area contributed by atoms with E-state index in [1.54, 1.807) is 6.07 Å². The number of nitrogens with one attached hydrogen (secondary N) is 2. The molecule has 2 rings (SSSR count). The van der Waals surface area contributed by atoms with E-state index in [4.69, 9.17) is 0 Å². The molecule has 4 nitrogen and oxygen atoms in total. The highest BCUT2D eigenvalue weighted by molar-refractivity contribution is 5.89. The fourth-order valence-corrected chi connectivity index (χ4v) is 2.56. The third-order valence-electron chi connectivity index (χ3n) is 4.19. The Morgan fingerprint density at radius 3 is 2.57 bits per heavy atom. The second-order valence-corrected chi connectivity index (χ2v) is 6.71. The molecule has 0 bridgehead atoms. The van der Waals surface area contributed by atoms with Crippen LogP contribution in [0.3, 0.4) is 0 Å². The number of carbonyl (C=O) groups excluding carboxylic acids is 1. The molecule has 0 aliphatic heterocycles. The number of aliphatic hydroxyl groups is 1. The summed E-state index contributed by atoms with van der Waals surface area (Å²) in [5.74, 6) is -0.402. The van der Waals surface area contributed by atoms with E-state index in [2.05, 4.69) is 24.5 Å². The van der Waals surface area contributed by atoms with Crippen molar-refractivity contribution < 1.29 is 14.3 Å². The van der Waals surface area contributed by atoms with Crippen LogP contribution in [-0.4, -0.2) is 23.3 Å². The Morgan fingerprint density at radius 2 is 1.95 bits per heavy atom. The molecule has 0 spiro atoms. The third-order valence-corrected chi connectivity index (χ3v) is 4.19. The van der Waals surface area contributed by atoms with Gasteiger partial charge in [0, 0.05) is 12.2 Å². The third kappa shape index (κ3) is 4.70. The van der Waals surface area contributed by atoms with Crippen molar-refractivity contribution in [3.8, 4) is 0 Å². The summed E-state index contributed by atoms with van der Waals surface area (Å²) >= 11 is 0. The molecule has 1 aromatic carbocycles. The maximum atomic E-state index is 13.0. The Balaban J connectivity index is 1.81. The minimum atomic E-state index is -0.838. The number of hydrogen-bond acceptors (Lipinski definition) is 2. The molecule has 5 heteroatoms. The Bertz CT molecular complexity index is 507. The van der Waals surface area contributed by atoms with Crippen molar-refractivity contribution >= 4 is 11.7 Å². The first kappa shape index (κ1) is 15.8. The predicted octanol–water partition coefficient (Wildman–Crippen LogP) is 3.28. The van der Waals surface area contributed by atoms with Gasteiger partial charge in [-0.1, -0.05) is 19.9 Å². The molecule has 116 valence electrons. The second kappa shape index (κ2) is 6.02. The summed E-state index contributed by atoms with van der Waals surface area (Å²) in [5, 5.41) is 15.7. The van der Waals surface area contributed by atoms with Crippen LogP contribution in [0.1, 0.15) is 39.5 Å². The molecule has 1 aliphatic rings. The summed E-state index contributed by atoms with van der Waals surface area (Å²) in [6.07, 6.45) is 3.24. The Hall–Kier alpha value is -1.62. The van der Waals surface area contributed by atoms with Crippen molar-refractivity contribution in [3.05, 3.63) is 30.1 Å². The maximum absolute atomic E-state index is 13.0. The monoisotopic (exact) mass is 294 g/mol. The molecule has 1 aliphatic carbocycles. The van der Waals surface area contributed by atoms with Gasteiger partial charge < -0.3 is 15.7 Å². The average molecular weight is 294 g/mol. The molecule has 3 N–H and O–H groups in total. The number of anilines is 1. The lowest BCUT2D eigenvalue weighted by molar-refractivity contribution is -0.0220. The molecule has 0 unspecified atom stereocenters. The van der Waals surface area contributed by atoms with Crippen LogP contribution in [-0.2, 0) is 0 Å². The molecular weight excluding hydrogens is 271 g/mol. The molecule has 21 heavy (non-hydrogen) atoms. The van der Waals surface area contributed by atoms with E-state index in [1.165, 1.54) is 18.2 Å². The van der Waals surface area contributed by atoms with Gasteiger partial charge in [0.05, 0.1) is 5.60 Å². The van der Waals surface area contributed by atoms with Gasteiger partial charge in [-0.05, 0) is 49.3 Å². The first-order valence-corrected chi connectivity index (χ1v) is 7.31. The molecule has 2 amide bonds. The summed E-state index contributed by atoms with van der Waals surface area (Å²) in [4.78, 5) is 11.8. The number of hydrogen-bond donors (Lipinski definition) is 3. The number of amides is 2. The molecule has 1 fully saturated rings. The van der Waals surface area contributed by atoms with Gasteiger partial charge in [-0.15, -0.1) is 0 Å². The van der Waals surface area contributed by atoms with E-state index >= 15 is 0 Å². The summed E-state index contributed by atoms with van der Waals surface area (Å²) in [6, 6.07) is 5.27. The summed E-state index contributed by atoms with van der Waals surface area (Å²) in [7, 11) is 0. The van der Waals surface area contributed by atoms with Crippen molar-refractivity contribution in [2.75, 3.05) is 11.9 Å². The highest BCUT2D eigenvalue weighted by Gasteiger charge is 2.36. The fraction of sp³-hybridized carbons (Fsp3) is 0.562. The molecule has 0 atom stereocenters. The van der Waals surface area contributed by atoms with Crippen LogP contribution in [0.4, 0.5) is 14.9 Å². The van der Waals surface area contributed by atoms with Crippen LogP contribution in [0.25, 0.3) is 0 Å². The molecule has 0 radical (unpaired) electrons. The molecular formula is C16H23FN2O2. The number of carbonyl (C=O) groups is 1. The van der Waals surface area contributed by atoms with E-state index in [-0.39, 0.29) is 12.0 Å². The van der Waals surface area contributed by atoms with Gasteiger partial charge in [-0.3, -0.25) is 0 Å². The quantitative estimate of drug-likeness (QED) is 0.801. The fourth-order valence-electron chi connectivity index (χ4n) is 2.56. The lowest BCUT2D eigenvalue weighted by atomic mass is 9.71. The van der Waals surface area contributed by atoms with Gasteiger partial charge in [-0.25, -0.2) is 9.18 Å². The van der Waals surface area contributed by atoms with Crippen molar-refractivity contribution in [1.82, 2.24) is 5.32 Å². The van der Waals surface area contributed by atoms with Crippen molar-refractivity contribution in [2.45, 2.75) is 45.1 Å². The van der Waals surface area contributed by atoms with Gasteiger partial charge in [-0.2, -0.15) is 0 Å². The van der Waals surface area contributed by atoms with Gasteiger partial charge in [0.1, 0.15) is 5.82 Å². The van der Waals surface area contributed by atoms with E-state index < -0.39 is 17.4 Å². The van der Waals surface area contributed by atoms with Gasteiger partial charge in [0.2, 0.25) is 0 Å². The number of urea groups is 1. The lowest BCUT2D eigenvalue weighted by Gasteiger charge is -2.40. The highest BCUT2D eigenvalue weighted by atomic mass is 19.1. The van der Waals surface area contributed by atoms with Crippen molar-refractivity contribution in [3.63, 3.8) is 0 Å². The normalized spacial score (nSPS) is 19.8. The molecule has 0 aromatic heterocycles. The van der Waals surface area contributed by atoms with Crippen LogP contribution >= 0.6 is 0 Å². The molecule has 0 heterocycles. The van der Waals surface area contributed by atoms with Crippen LogP contribution < -0.4 is 10.6 Å². The number of rotatable bonds is 3. The molecule has 1 aromatic rings. The first-order valence-electron chi connectivity index (χ1n) is 7.31. The summed E-state index contributed by atoms with van der Waals surface area (Å²) in [6.45, 7) is 4.59. The van der Waals surface area contributed by atoms with E-state index in [1.807, 2.05) is 0 Å². The molecule has 0 saturated heterocycles. The van der Waals surface area contributed by atoms with E-state index in [0.29, 0.717) is 18.5 Å². The maximum Gasteiger partial charge on any atom is 0.319 e. The van der Waals surface area contributed by atoms with Gasteiger partial charge in [0.25, 0.3) is 0 Å². The minimum Gasteiger partial charge on any atom is -0.388 e. The van der Waals surface area contributed by atoms with E-state index in [0.717, 1.165) is 12.8 Å². The molecule has 1 saturated carbocycles. The zero-order chi connectivity index (χ0) is 15.5. The average Bonchev–Trinajstić information content (AvgIpc) is 2.41. The zero-order valence-corrected chi connectivity index (χ0v) is 12.6. The van der Waals surface area contributed by atoms with Crippen LogP contribution in [0, 0.1) is 11.2 Å². The Morgan fingerprint density at radius 1 is 1.29 bits per heavy atom. The minimum absolute atomic E-state index is 0.213. The summed E-state index contributed by atoms with van der Waals surface area (Å²) < 4.78 is 13.0. The SMILES string of the molecule is CC1(C)CCC(O)(CNC(=O)Nc2cccc(F)c2)CC1. The van der Waals surface area contributed by atoms with Crippen molar-refractivity contribution in [1.29, 1.82) is 0 Å². The van der Waals surface area contributed by atoms with E-state index in [9.17, 15) is 14.3 Å². The van der Waals surface area contributed by atoms with Crippen LogP contribution in [0.2, 0.25) is 0 Å². The van der Waals surface area contributed by atoms with Crippen LogP contribution in [0.15, 0.2) is 24.3 Å². The Labute approximate surface area is 124 Å². The lowest BCUT2D eigenvalue weighted by Crippen LogP contribution is -2.47. The van der Waals surface area contributed by atoms with Gasteiger partial charge in [0.15, 0.2) is 0 Å². The first-order chi connectivity index (χ1) is 9.78. The Kier molecular flexibility index (Phi) is 4.52.